The number of nitrogens with one attached hydrogen (secondary N) is 2. The summed E-state index contributed by atoms with van der Waals surface area (Å²) in [4.78, 5) is 24.0. The van der Waals surface area contributed by atoms with Gasteiger partial charge < -0.3 is 15.7 Å². The van der Waals surface area contributed by atoms with Gasteiger partial charge in [0.05, 0.1) is 10.6 Å². The highest BCUT2D eigenvalue weighted by Gasteiger charge is 2.14. The zero-order valence-electron chi connectivity index (χ0n) is 13.1. The summed E-state index contributed by atoms with van der Waals surface area (Å²) in [7, 11) is 0. The minimum Gasteiger partial charge on any atom is -0.396 e. The topological polar surface area (TPSA) is 78.4 Å². The Bertz CT molecular complexity index is 532. The van der Waals surface area contributed by atoms with E-state index < -0.39 is 0 Å². The first-order valence-corrected chi connectivity index (χ1v) is 7.72. The van der Waals surface area contributed by atoms with Gasteiger partial charge in [-0.25, -0.2) is 0 Å². The van der Waals surface area contributed by atoms with Crippen LogP contribution >= 0.6 is 11.6 Å². The number of benzene rings is 1. The van der Waals surface area contributed by atoms with E-state index in [2.05, 4.69) is 10.6 Å². The maximum atomic E-state index is 12.2. The molecule has 2 amide bonds. The SMILES string of the molecule is CC(C)CC(=O)Nc1ccc(Cl)c(C(=O)NC(C)CCO)c1. The molecule has 0 aliphatic carbocycles. The fraction of sp³-hybridized carbons (Fsp3) is 0.500. The van der Waals surface area contributed by atoms with Crippen LogP contribution < -0.4 is 10.6 Å². The van der Waals surface area contributed by atoms with E-state index in [1.54, 1.807) is 25.1 Å². The van der Waals surface area contributed by atoms with Crippen LogP contribution in [0.1, 0.15) is 44.0 Å². The fourth-order valence-corrected chi connectivity index (χ4v) is 2.13. The van der Waals surface area contributed by atoms with E-state index in [0.717, 1.165) is 0 Å². The van der Waals surface area contributed by atoms with Crippen LogP contribution in [-0.4, -0.2) is 29.6 Å². The van der Waals surface area contributed by atoms with Crippen molar-refractivity contribution in [1.29, 1.82) is 0 Å². The standard InChI is InChI=1S/C16H23ClN2O3/c1-10(2)8-15(21)19-12-4-5-14(17)13(9-12)16(22)18-11(3)6-7-20/h4-5,9-11,20H,6-8H2,1-3H3,(H,18,22)(H,19,21). The number of carbonyl (C=O) groups is 2. The Morgan fingerprint density at radius 1 is 1.27 bits per heavy atom. The van der Waals surface area contributed by atoms with Gasteiger partial charge in [0.2, 0.25) is 5.91 Å². The van der Waals surface area contributed by atoms with Crippen molar-refractivity contribution < 1.29 is 14.7 Å². The quantitative estimate of drug-likeness (QED) is 0.721. The molecule has 5 nitrogen and oxygen atoms in total. The molecule has 0 aliphatic heterocycles. The van der Waals surface area contributed by atoms with Gasteiger partial charge in [-0.15, -0.1) is 0 Å². The van der Waals surface area contributed by atoms with Gasteiger partial charge in [-0.05, 0) is 37.5 Å². The summed E-state index contributed by atoms with van der Waals surface area (Å²) < 4.78 is 0. The van der Waals surface area contributed by atoms with Crippen molar-refractivity contribution in [3.05, 3.63) is 28.8 Å². The molecule has 0 fully saturated rings. The number of hydrogen-bond donors (Lipinski definition) is 3. The zero-order chi connectivity index (χ0) is 16.7. The minimum absolute atomic E-state index is 0.000474. The van der Waals surface area contributed by atoms with Crippen molar-refractivity contribution in [2.75, 3.05) is 11.9 Å². The lowest BCUT2D eigenvalue weighted by Crippen LogP contribution is -2.33. The van der Waals surface area contributed by atoms with E-state index in [1.165, 1.54) is 0 Å². The van der Waals surface area contributed by atoms with E-state index in [4.69, 9.17) is 16.7 Å². The van der Waals surface area contributed by atoms with Gasteiger partial charge in [0.1, 0.15) is 0 Å². The van der Waals surface area contributed by atoms with E-state index in [1.807, 2.05) is 13.8 Å². The minimum atomic E-state index is -0.328. The molecular formula is C16H23ClN2O3. The lowest BCUT2D eigenvalue weighted by molar-refractivity contribution is -0.116. The number of rotatable bonds is 7. The second-order valence-electron chi connectivity index (χ2n) is 5.73. The summed E-state index contributed by atoms with van der Waals surface area (Å²) in [5, 5.41) is 14.7. The summed E-state index contributed by atoms with van der Waals surface area (Å²) in [5.74, 6) is -0.169. The average molecular weight is 327 g/mol. The molecule has 0 aliphatic rings. The van der Waals surface area contributed by atoms with Gasteiger partial charge in [-0.1, -0.05) is 25.4 Å². The third kappa shape index (κ3) is 6.03. The van der Waals surface area contributed by atoms with Crippen molar-refractivity contribution in [3.63, 3.8) is 0 Å². The molecule has 0 aromatic heterocycles. The fourth-order valence-electron chi connectivity index (χ4n) is 1.93. The number of anilines is 1. The Morgan fingerprint density at radius 2 is 1.95 bits per heavy atom. The molecule has 0 radical (unpaired) electrons. The van der Waals surface area contributed by atoms with Gasteiger partial charge in [-0.3, -0.25) is 9.59 Å². The monoisotopic (exact) mass is 326 g/mol. The van der Waals surface area contributed by atoms with Gasteiger partial charge >= 0.3 is 0 Å². The van der Waals surface area contributed by atoms with E-state index in [0.29, 0.717) is 29.1 Å². The maximum Gasteiger partial charge on any atom is 0.253 e. The predicted octanol–water partition coefficient (Wildman–Crippen LogP) is 2.83. The number of halogens is 1. The highest BCUT2D eigenvalue weighted by molar-refractivity contribution is 6.34. The molecule has 1 aromatic rings. The number of aliphatic hydroxyl groups excluding tert-OH is 1. The Hall–Kier alpha value is -1.59. The average Bonchev–Trinajstić information content (AvgIpc) is 2.40. The van der Waals surface area contributed by atoms with Crippen LogP contribution in [0.5, 0.6) is 0 Å². The molecule has 0 heterocycles. The molecule has 6 heteroatoms. The Balaban J connectivity index is 2.81. The van der Waals surface area contributed by atoms with Crippen LogP contribution in [0.2, 0.25) is 5.02 Å². The van der Waals surface area contributed by atoms with Crippen LogP contribution in [0.25, 0.3) is 0 Å². The third-order valence-electron chi connectivity index (χ3n) is 3.03. The predicted molar refractivity (Wildman–Crippen MR) is 88.2 cm³/mol. The normalized spacial score (nSPS) is 12.1. The Labute approximate surface area is 136 Å². The molecule has 1 aromatic carbocycles. The second kappa shape index (κ2) is 8.76. The van der Waals surface area contributed by atoms with Gasteiger partial charge in [0.15, 0.2) is 0 Å². The summed E-state index contributed by atoms with van der Waals surface area (Å²) >= 11 is 6.05. The summed E-state index contributed by atoms with van der Waals surface area (Å²) in [6.45, 7) is 5.72. The number of carbonyl (C=O) groups excluding carboxylic acids is 2. The van der Waals surface area contributed by atoms with Crippen LogP contribution in [0, 0.1) is 5.92 Å². The maximum absolute atomic E-state index is 12.2. The van der Waals surface area contributed by atoms with Crippen molar-refractivity contribution in [2.24, 2.45) is 5.92 Å². The Morgan fingerprint density at radius 3 is 2.55 bits per heavy atom. The molecule has 1 unspecified atom stereocenters. The molecule has 0 bridgehead atoms. The lowest BCUT2D eigenvalue weighted by Gasteiger charge is -2.14. The first-order valence-electron chi connectivity index (χ1n) is 7.34. The van der Waals surface area contributed by atoms with Crippen LogP contribution in [-0.2, 0) is 4.79 Å². The third-order valence-corrected chi connectivity index (χ3v) is 3.36. The van der Waals surface area contributed by atoms with Crippen LogP contribution in [0.4, 0.5) is 5.69 Å². The molecule has 3 N–H and O–H groups in total. The smallest absolute Gasteiger partial charge is 0.253 e. The van der Waals surface area contributed by atoms with Crippen LogP contribution in [0.3, 0.4) is 0 Å². The molecule has 0 saturated heterocycles. The molecule has 122 valence electrons. The second-order valence-corrected chi connectivity index (χ2v) is 6.13. The van der Waals surface area contributed by atoms with Crippen molar-refractivity contribution >= 4 is 29.1 Å². The van der Waals surface area contributed by atoms with Crippen molar-refractivity contribution in [3.8, 4) is 0 Å². The largest absolute Gasteiger partial charge is 0.396 e. The van der Waals surface area contributed by atoms with E-state index in [9.17, 15) is 9.59 Å². The molecule has 1 rings (SSSR count). The molecular weight excluding hydrogens is 304 g/mol. The number of amides is 2. The molecule has 22 heavy (non-hydrogen) atoms. The first kappa shape index (κ1) is 18.5. The van der Waals surface area contributed by atoms with Crippen molar-refractivity contribution in [2.45, 2.75) is 39.7 Å². The molecule has 0 spiro atoms. The van der Waals surface area contributed by atoms with Gasteiger partial charge in [0.25, 0.3) is 5.91 Å². The van der Waals surface area contributed by atoms with Gasteiger partial charge in [-0.2, -0.15) is 0 Å². The van der Waals surface area contributed by atoms with Gasteiger partial charge in [0, 0.05) is 24.8 Å². The van der Waals surface area contributed by atoms with Crippen LogP contribution in [0.15, 0.2) is 18.2 Å². The first-order chi connectivity index (χ1) is 10.3. The number of hydrogen-bond acceptors (Lipinski definition) is 3. The molecule has 0 saturated carbocycles. The summed E-state index contributed by atoms with van der Waals surface area (Å²) in [5.41, 5.74) is 0.837. The Kier molecular flexibility index (Phi) is 7.35. The lowest BCUT2D eigenvalue weighted by atomic mass is 10.1. The molecule has 1 atom stereocenters. The highest BCUT2D eigenvalue weighted by Crippen LogP contribution is 2.21. The number of aliphatic hydroxyl groups is 1. The van der Waals surface area contributed by atoms with Crippen molar-refractivity contribution in [1.82, 2.24) is 5.32 Å². The van der Waals surface area contributed by atoms with E-state index >= 15 is 0 Å². The summed E-state index contributed by atoms with van der Waals surface area (Å²) in [6.07, 6.45) is 0.881. The zero-order valence-corrected chi connectivity index (χ0v) is 13.9. The highest BCUT2D eigenvalue weighted by atomic mass is 35.5. The van der Waals surface area contributed by atoms with E-state index in [-0.39, 0.29) is 30.4 Å². The summed E-state index contributed by atoms with van der Waals surface area (Å²) in [6, 6.07) is 4.64.